The van der Waals surface area contributed by atoms with Gasteiger partial charge in [-0.15, -0.1) is 0 Å². The van der Waals surface area contributed by atoms with Gasteiger partial charge in [-0.1, -0.05) is 18.2 Å². The number of hydrogen-bond donors (Lipinski definition) is 0. The zero-order valence-corrected chi connectivity index (χ0v) is 15.7. The van der Waals surface area contributed by atoms with Crippen LogP contribution in [0.15, 0.2) is 24.3 Å². The maximum atomic E-state index is 14.3. The van der Waals surface area contributed by atoms with Gasteiger partial charge in [-0.3, -0.25) is 4.79 Å². The van der Waals surface area contributed by atoms with Crippen molar-refractivity contribution in [1.82, 2.24) is 9.80 Å². The number of ether oxygens (including phenoxy) is 1. The van der Waals surface area contributed by atoms with E-state index in [1.54, 1.807) is 19.2 Å². The number of carbonyl (C=O) groups is 1. The Morgan fingerprint density at radius 2 is 1.96 bits per heavy atom. The molecule has 3 aliphatic rings. The fourth-order valence-electron chi connectivity index (χ4n) is 5.04. The van der Waals surface area contributed by atoms with Crippen LogP contribution in [-0.2, 0) is 14.9 Å². The van der Waals surface area contributed by atoms with Crippen LogP contribution in [0, 0.1) is 11.2 Å². The van der Waals surface area contributed by atoms with Crippen LogP contribution in [-0.4, -0.2) is 62.1 Å². The van der Waals surface area contributed by atoms with Gasteiger partial charge in [-0.05, 0) is 44.7 Å². The second kappa shape index (κ2) is 6.93. The molecule has 1 aromatic carbocycles. The van der Waals surface area contributed by atoms with E-state index < -0.39 is 5.41 Å². The zero-order chi connectivity index (χ0) is 18.2. The van der Waals surface area contributed by atoms with Crippen LogP contribution in [0.25, 0.3) is 0 Å². The van der Waals surface area contributed by atoms with Crippen molar-refractivity contribution in [3.63, 3.8) is 0 Å². The highest BCUT2D eigenvalue weighted by atomic mass is 19.1. The summed E-state index contributed by atoms with van der Waals surface area (Å²) < 4.78 is 19.5. The van der Waals surface area contributed by atoms with E-state index in [9.17, 15) is 9.18 Å². The smallest absolute Gasteiger partial charge is 0.233 e. The second-order valence-electron chi connectivity index (χ2n) is 8.41. The summed E-state index contributed by atoms with van der Waals surface area (Å²) in [5.74, 6) is -0.0934. The Labute approximate surface area is 155 Å². The number of piperidine rings is 1. The highest BCUT2D eigenvalue weighted by molar-refractivity contribution is 5.91. The molecule has 3 fully saturated rings. The Morgan fingerprint density at radius 3 is 2.69 bits per heavy atom. The summed E-state index contributed by atoms with van der Waals surface area (Å²) in [6.07, 6.45) is 4.99. The van der Waals surface area contributed by atoms with Gasteiger partial charge in [0, 0.05) is 44.3 Å². The van der Waals surface area contributed by atoms with Gasteiger partial charge in [0.25, 0.3) is 0 Å². The average Bonchev–Trinajstić information content (AvgIpc) is 3.36. The minimum Gasteiger partial charge on any atom is -0.383 e. The van der Waals surface area contributed by atoms with Crippen molar-refractivity contribution in [2.24, 2.45) is 5.41 Å². The molecular weight excluding hydrogens is 331 g/mol. The molecule has 2 saturated heterocycles. The third-order valence-corrected chi connectivity index (χ3v) is 6.63. The Kier molecular flexibility index (Phi) is 4.78. The third-order valence-electron chi connectivity index (χ3n) is 6.63. The van der Waals surface area contributed by atoms with E-state index in [0.29, 0.717) is 5.56 Å². The minimum absolute atomic E-state index is 0.147. The quantitative estimate of drug-likeness (QED) is 0.809. The molecule has 4 rings (SSSR count). The molecule has 1 amide bonds. The number of rotatable bonds is 5. The standard InChI is InChI=1S/C21H29FN2O2/c1-26-14-13-23-11-4-7-20(15-23)10-12-24(16-20)19(25)21(8-9-21)17-5-2-3-6-18(17)22/h2-3,5-6H,4,7-16H2,1H3/t20-/m0/s1. The third kappa shape index (κ3) is 3.16. The van der Waals surface area contributed by atoms with Crippen molar-refractivity contribution in [3.8, 4) is 0 Å². The largest absolute Gasteiger partial charge is 0.383 e. The lowest BCUT2D eigenvalue weighted by atomic mass is 9.79. The van der Waals surface area contributed by atoms with Gasteiger partial charge in [0.15, 0.2) is 0 Å². The molecule has 0 aromatic heterocycles. The average molecular weight is 360 g/mol. The normalized spacial score (nSPS) is 27.8. The van der Waals surface area contributed by atoms with Crippen molar-refractivity contribution < 1.29 is 13.9 Å². The zero-order valence-electron chi connectivity index (χ0n) is 15.7. The predicted molar refractivity (Wildman–Crippen MR) is 98.5 cm³/mol. The first-order valence-electron chi connectivity index (χ1n) is 9.84. The molecule has 1 saturated carbocycles. The summed E-state index contributed by atoms with van der Waals surface area (Å²) >= 11 is 0. The topological polar surface area (TPSA) is 32.8 Å². The molecule has 2 heterocycles. The van der Waals surface area contributed by atoms with Gasteiger partial charge >= 0.3 is 0 Å². The SMILES string of the molecule is COCCN1CCC[C@]2(CCN(C(=O)C3(c4ccccc4F)CC3)C2)C1. The molecule has 1 aliphatic carbocycles. The number of hydrogen-bond acceptors (Lipinski definition) is 3. The van der Waals surface area contributed by atoms with Crippen molar-refractivity contribution in [2.45, 2.75) is 37.5 Å². The molecule has 26 heavy (non-hydrogen) atoms. The van der Waals surface area contributed by atoms with Crippen LogP contribution < -0.4 is 0 Å². The summed E-state index contributed by atoms with van der Waals surface area (Å²) in [6, 6.07) is 6.80. The fraction of sp³-hybridized carbons (Fsp3) is 0.667. The maximum absolute atomic E-state index is 14.3. The van der Waals surface area contributed by atoms with E-state index >= 15 is 0 Å². The lowest BCUT2D eigenvalue weighted by Crippen LogP contribution is -2.47. The highest BCUT2D eigenvalue weighted by Crippen LogP contribution is 2.52. The lowest BCUT2D eigenvalue weighted by Gasteiger charge is -2.40. The van der Waals surface area contributed by atoms with E-state index in [4.69, 9.17) is 4.74 Å². The van der Waals surface area contributed by atoms with Crippen molar-refractivity contribution in [1.29, 1.82) is 0 Å². The second-order valence-corrected chi connectivity index (χ2v) is 8.41. The van der Waals surface area contributed by atoms with E-state index in [2.05, 4.69) is 4.90 Å². The molecule has 4 nitrogen and oxygen atoms in total. The van der Waals surface area contributed by atoms with Crippen LogP contribution in [0.3, 0.4) is 0 Å². The van der Waals surface area contributed by atoms with Crippen molar-refractivity contribution in [2.75, 3.05) is 46.4 Å². The summed E-state index contributed by atoms with van der Waals surface area (Å²) in [4.78, 5) is 17.8. The van der Waals surface area contributed by atoms with Crippen LogP contribution in [0.4, 0.5) is 4.39 Å². The summed E-state index contributed by atoms with van der Waals surface area (Å²) in [7, 11) is 1.74. The molecule has 0 bridgehead atoms. The molecule has 0 N–H and O–H groups in total. The summed E-state index contributed by atoms with van der Waals surface area (Å²) in [5.41, 5.74) is 0.213. The maximum Gasteiger partial charge on any atom is 0.233 e. The Balaban J connectivity index is 1.45. The van der Waals surface area contributed by atoms with Gasteiger partial charge in [0.2, 0.25) is 5.91 Å². The molecule has 0 radical (unpaired) electrons. The summed E-state index contributed by atoms with van der Waals surface area (Å²) in [6.45, 7) is 5.53. The lowest BCUT2D eigenvalue weighted by molar-refractivity contribution is -0.133. The number of halogens is 1. The monoisotopic (exact) mass is 360 g/mol. The van der Waals surface area contributed by atoms with E-state index in [1.165, 1.54) is 18.9 Å². The molecule has 0 unspecified atom stereocenters. The number of nitrogens with zero attached hydrogens (tertiary/aromatic N) is 2. The van der Waals surface area contributed by atoms with Gasteiger partial charge in [-0.25, -0.2) is 4.39 Å². The molecule has 5 heteroatoms. The fourth-order valence-corrected chi connectivity index (χ4v) is 5.04. The first kappa shape index (κ1) is 17.9. The Bertz CT molecular complexity index is 676. The van der Waals surface area contributed by atoms with Crippen LogP contribution in [0.1, 0.15) is 37.7 Å². The van der Waals surface area contributed by atoms with Gasteiger partial charge < -0.3 is 14.5 Å². The molecule has 2 aliphatic heterocycles. The number of benzene rings is 1. The van der Waals surface area contributed by atoms with Crippen LogP contribution >= 0.6 is 0 Å². The number of amides is 1. The number of carbonyl (C=O) groups excluding carboxylic acids is 1. The molecule has 142 valence electrons. The van der Waals surface area contributed by atoms with Gasteiger partial charge in [-0.2, -0.15) is 0 Å². The Morgan fingerprint density at radius 1 is 1.15 bits per heavy atom. The van der Waals surface area contributed by atoms with E-state index in [1.807, 2.05) is 11.0 Å². The molecular formula is C21H29FN2O2. The van der Waals surface area contributed by atoms with Gasteiger partial charge in [0.05, 0.1) is 12.0 Å². The molecule has 1 spiro atoms. The van der Waals surface area contributed by atoms with Gasteiger partial charge in [0.1, 0.15) is 5.82 Å². The summed E-state index contributed by atoms with van der Waals surface area (Å²) in [5, 5.41) is 0. The first-order valence-corrected chi connectivity index (χ1v) is 9.84. The van der Waals surface area contributed by atoms with E-state index in [-0.39, 0.29) is 17.1 Å². The predicted octanol–water partition coefficient (Wildman–Crippen LogP) is 2.82. The van der Waals surface area contributed by atoms with E-state index in [0.717, 1.165) is 58.6 Å². The molecule has 1 aromatic rings. The van der Waals surface area contributed by atoms with Crippen LogP contribution in [0.2, 0.25) is 0 Å². The van der Waals surface area contributed by atoms with Crippen LogP contribution in [0.5, 0.6) is 0 Å². The van der Waals surface area contributed by atoms with Crippen molar-refractivity contribution in [3.05, 3.63) is 35.6 Å². The minimum atomic E-state index is -0.596. The highest BCUT2D eigenvalue weighted by Gasteiger charge is 2.56. The number of likely N-dealkylation sites (tertiary alicyclic amines) is 2. The van der Waals surface area contributed by atoms with Crippen molar-refractivity contribution >= 4 is 5.91 Å². The molecule has 1 atom stereocenters. The first-order chi connectivity index (χ1) is 12.6. The Hall–Kier alpha value is -1.46. The number of methoxy groups -OCH3 is 1.